The molecule has 1 fully saturated rings. The van der Waals surface area contributed by atoms with Crippen LogP contribution in [0.5, 0.6) is 0 Å². The fourth-order valence-corrected chi connectivity index (χ4v) is 3.04. The van der Waals surface area contributed by atoms with Crippen LogP contribution in [-0.2, 0) is 6.54 Å². The van der Waals surface area contributed by atoms with Crippen molar-refractivity contribution in [2.45, 2.75) is 6.54 Å². The van der Waals surface area contributed by atoms with E-state index in [1.165, 1.54) is 11.3 Å². The zero-order valence-electron chi connectivity index (χ0n) is 11.2. The molecular weight excluding hydrogens is 264 g/mol. The molecule has 7 heteroatoms. The molecule has 0 atom stereocenters. The molecule has 2 rings (SSSR count). The summed E-state index contributed by atoms with van der Waals surface area (Å²) >= 11 is 1.27. The summed E-state index contributed by atoms with van der Waals surface area (Å²) in [4.78, 5) is 16.0. The molecule has 1 aliphatic heterocycles. The summed E-state index contributed by atoms with van der Waals surface area (Å²) in [6.45, 7) is 7.19. The normalized spacial score (nSPS) is 16.9. The van der Waals surface area contributed by atoms with Gasteiger partial charge in [-0.1, -0.05) is 11.3 Å². The minimum Gasteiger partial charge on any atom is -0.314 e. The molecule has 0 unspecified atom stereocenters. The van der Waals surface area contributed by atoms with Crippen LogP contribution in [0.1, 0.15) is 4.88 Å². The van der Waals surface area contributed by atoms with Gasteiger partial charge in [-0.15, -0.1) is 0 Å². The van der Waals surface area contributed by atoms with Crippen molar-refractivity contribution >= 4 is 16.3 Å². The first kappa shape index (κ1) is 14.4. The smallest absolute Gasteiger partial charge is 0.314 e. The average molecular weight is 284 g/mol. The molecule has 0 bridgehead atoms. The second-order valence-corrected chi connectivity index (χ2v) is 5.97. The van der Waals surface area contributed by atoms with E-state index in [1.54, 1.807) is 6.07 Å². The number of hydrogen-bond acceptors (Lipinski definition) is 6. The molecular formula is C12H20N4O2S. The quantitative estimate of drug-likeness (QED) is 0.623. The van der Waals surface area contributed by atoms with Gasteiger partial charge in [0.05, 0.1) is 4.92 Å². The summed E-state index contributed by atoms with van der Waals surface area (Å²) in [6.07, 6.45) is 0. The lowest BCUT2D eigenvalue weighted by Crippen LogP contribution is -2.45. The predicted octanol–water partition coefficient (Wildman–Crippen LogP) is 0.993. The highest BCUT2D eigenvalue weighted by molar-refractivity contribution is 7.15. The summed E-state index contributed by atoms with van der Waals surface area (Å²) < 4.78 is 0. The van der Waals surface area contributed by atoms with Gasteiger partial charge in [-0.3, -0.25) is 15.0 Å². The Kier molecular flexibility index (Phi) is 5.26. The molecule has 0 aliphatic carbocycles. The van der Waals surface area contributed by atoms with Crippen LogP contribution in [0.4, 0.5) is 5.00 Å². The summed E-state index contributed by atoms with van der Waals surface area (Å²) in [5, 5.41) is 14.2. The zero-order valence-corrected chi connectivity index (χ0v) is 12.0. The summed E-state index contributed by atoms with van der Waals surface area (Å²) in [5.74, 6) is 0. The van der Waals surface area contributed by atoms with E-state index in [0.29, 0.717) is 0 Å². The molecule has 1 saturated heterocycles. The van der Waals surface area contributed by atoms with Crippen LogP contribution < -0.4 is 5.32 Å². The van der Waals surface area contributed by atoms with E-state index in [1.807, 2.05) is 6.07 Å². The fourth-order valence-electron chi connectivity index (χ4n) is 2.14. The molecule has 1 N–H and O–H groups in total. The van der Waals surface area contributed by atoms with Gasteiger partial charge in [-0.25, -0.2) is 0 Å². The highest BCUT2D eigenvalue weighted by atomic mass is 32.1. The van der Waals surface area contributed by atoms with Crippen molar-refractivity contribution in [3.8, 4) is 0 Å². The Labute approximate surface area is 117 Å². The van der Waals surface area contributed by atoms with Crippen LogP contribution >= 0.6 is 11.3 Å². The Morgan fingerprint density at radius 2 is 2.21 bits per heavy atom. The van der Waals surface area contributed by atoms with Crippen LogP contribution in [0.15, 0.2) is 12.1 Å². The number of nitrogens with one attached hydrogen (secondary N) is 1. The summed E-state index contributed by atoms with van der Waals surface area (Å²) in [5.41, 5.74) is 0. The maximum Gasteiger partial charge on any atom is 0.324 e. The van der Waals surface area contributed by atoms with Crippen molar-refractivity contribution < 1.29 is 4.92 Å². The molecule has 1 aromatic rings. The van der Waals surface area contributed by atoms with E-state index >= 15 is 0 Å². The highest BCUT2D eigenvalue weighted by Gasteiger charge is 2.13. The van der Waals surface area contributed by atoms with E-state index in [0.717, 1.165) is 50.7 Å². The molecule has 106 valence electrons. The highest BCUT2D eigenvalue weighted by Crippen LogP contribution is 2.24. The number of likely N-dealkylation sites (N-methyl/N-ethyl adjacent to an activating group) is 1. The molecule has 0 radical (unpaired) electrons. The maximum absolute atomic E-state index is 10.6. The topological polar surface area (TPSA) is 61.6 Å². The molecule has 0 saturated carbocycles. The largest absolute Gasteiger partial charge is 0.324 e. The Morgan fingerprint density at radius 3 is 2.84 bits per heavy atom. The molecule has 1 aliphatic rings. The number of nitrogens with zero attached hydrogens (tertiary/aromatic N) is 3. The third-order valence-corrected chi connectivity index (χ3v) is 4.28. The number of thiophene rings is 1. The lowest BCUT2D eigenvalue weighted by molar-refractivity contribution is -0.380. The maximum atomic E-state index is 10.6. The summed E-state index contributed by atoms with van der Waals surface area (Å²) in [6, 6.07) is 3.44. The Hall–Kier alpha value is -1.02. The Bertz CT molecular complexity index is 418. The van der Waals surface area contributed by atoms with Crippen LogP contribution in [0.3, 0.4) is 0 Å². The van der Waals surface area contributed by atoms with Gasteiger partial charge in [-0.2, -0.15) is 0 Å². The van der Waals surface area contributed by atoms with Gasteiger partial charge < -0.3 is 10.2 Å². The van der Waals surface area contributed by atoms with Crippen LogP contribution in [-0.4, -0.2) is 61.0 Å². The van der Waals surface area contributed by atoms with Gasteiger partial charge in [0.1, 0.15) is 0 Å². The second-order valence-electron chi connectivity index (χ2n) is 4.83. The van der Waals surface area contributed by atoms with E-state index < -0.39 is 0 Å². The first-order valence-electron chi connectivity index (χ1n) is 6.50. The van der Waals surface area contributed by atoms with Gasteiger partial charge in [0.15, 0.2) is 0 Å². The molecule has 0 spiro atoms. The van der Waals surface area contributed by atoms with Crippen molar-refractivity contribution in [2.24, 2.45) is 0 Å². The van der Waals surface area contributed by atoms with Gasteiger partial charge >= 0.3 is 5.00 Å². The Balaban J connectivity index is 1.73. The third-order valence-electron chi connectivity index (χ3n) is 3.26. The van der Waals surface area contributed by atoms with Crippen LogP contribution in [0, 0.1) is 10.1 Å². The second kappa shape index (κ2) is 6.95. The van der Waals surface area contributed by atoms with Crippen LogP contribution in [0.2, 0.25) is 0 Å². The van der Waals surface area contributed by atoms with Crippen molar-refractivity contribution in [3.05, 3.63) is 27.1 Å². The third kappa shape index (κ3) is 4.54. The summed E-state index contributed by atoms with van der Waals surface area (Å²) in [7, 11) is 2.06. The SMILES string of the molecule is CN(CCN1CCNCC1)Cc1ccc([N+](=O)[O-])s1. The van der Waals surface area contributed by atoms with Gasteiger partial charge in [-0.05, 0) is 13.1 Å². The van der Waals surface area contributed by atoms with Crippen molar-refractivity contribution in [2.75, 3.05) is 46.3 Å². The van der Waals surface area contributed by atoms with E-state index in [9.17, 15) is 10.1 Å². The van der Waals surface area contributed by atoms with Crippen LogP contribution in [0.25, 0.3) is 0 Å². The lowest BCUT2D eigenvalue weighted by Gasteiger charge is -2.28. The van der Waals surface area contributed by atoms with Crippen molar-refractivity contribution in [1.82, 2.24) is 15.1 Å². The molecule has 6 nitrogen and oxygen atoms in total. The van der Waals surface area contributed by atoms with E-state index in [2.05, 4.69) is 22.2 Å². The Morgan fingerprint density at radius 1 is 1.47 bits per heavy atom. The lowest BCUT2D eigenvalue weighted by atomic mass is 10.3. The van der Waals surface area contributed by atoms with Gasteiger partial charge in [0, 0.05) is 56.8 Å². The van der Waals surface area contributed by atoms with Gasteiger partial charge in [0.2, 0.25) is 0 Å². The minimum absolute atomic E-state index is 0.227. The molecule has 2 heterocycles. The molecule has 1 aromatic heterocycles. The zero-order chi connectivity index (χ0) is 13.7. The predicted molar refractivity (Wildman–Crippen MR) is 76.6 cm³/mol. The fraction of sp³-hybridized carbons (Fsp3) is 0.667. The van der Waals surface area contributed by atoms with E-state index in [-0.39, 0.29) is 9.92 Å². The number of rotatable bonds is 6. The minimum atomic E-state index is -0.325. The van der Waals surface area contributed by atoms with Crippen molar-refractivity contribution in [1.29, 1.82) is 0 Å². The first-order valence-corrected chi connectivity index (χ1v) is 7.31. The number of hydrogen-bond donors (Lipinski definition) is 1. The standard InChI is InChI=1S/C12H20N4O2S/c1-14(8-9-15-6-4-13-5-7-15)10-11-2-3-12(19-11)16(17)18/h2-3,13H,4-10H2,1H3. The molecule has 19 heavy (non-hydrogen) atoms. The monoisotopic (exact) mass is 284 g/mol. The molecule has 0 aromatic carbocycles. The molecule has 0 amide bonds. The van der Waals surface area contributed by atoms with E-state index in [4.69, 9.17) is 0 Å². The van der Waals surface area contributed by atoms with Gasteiger partial charge in [0.25, 0.3) is 0 Å². The van der Waals surface area contributed by atoms with Crippen molar-refractivity contribution in [3.63, 3.8) is 0 Å². The first-order chi connectivity index (χ1) is 9.15. The number of piperazine rings is 1. The number of nitro groups is 1. The average Bonchev–Trinajstić information content (AvgIpc) is 2.86.